The number of methoxy groups -OCH3 is 2. The van der Waals surface area contributed by atoms with Crippen LogP contribution in [0.5, 0.6) is 0 Å². The number of hydrogen-bond donors (Lipinski definition) is 10. The first-order valence-corrected chi connectivity index (χ1v) is 10.3. The van der Waals surface area contributed by atoms with Crippen molar-refractivity contribution in [2.75, 3.05) is 27.4 Å². The van der Waals surface area contributed by atoms with Crippen LogP contribution in [0, 0.1) is 0 Å². The number of rotatable bonds is 9. The van der Waals surface area contributed by atoms with Crippen molar-refractivity contribution in [3.63, 3.8) is 0 Å². The summed E-state index contributed by atoms with van der Waals surface area (Å²) in [6, 6.07) is 0. The van der Waals surface area contributed by atoms with Gasteiger partial charge in [0.05, 0.1) is 13.2 Å². The average Bonchev–Trinajstić information content (AvgIpc) is 2.88. The number of carbonyl (C=O) groups excluding carboxylic acids is 2. The van der Waals surface area contributed by atoms with Gasteiger partial charge < -0.3 is 79.5 Å². The average molecular weight is 534 g/mol. The quantitative estimate of drug-likeness (QED) is 0.0970. The third-order valence-electron chi connectivity index (χ3n) is 5.66. The van der Waals surface area contributed by atoms with Crippen LogP contribution in [0.25, 0.3) is 0 Å². The maximum Gasteiger partial charge on any atom is 0.359 e. The van der Waals surface area contributed by atoms with Crippen LogP contribution in [0.1, 0.15) is 0 Å². The van der Waals surface area contributed by atoms with Crippen molar-refractivity contribution in [2.45, 2.75) is 73.0 Å². The molecule has 0 spiro atoms. The van der Waals surface area contributed by atoms with Crippen LogP contribution in [-0.4, -0.2) is 163 Å². The van der Waals surface area contributed by atoms with Gasteiger partial charge in [-0.15, -0.1) is 0 Å². The van der Waals surface area contributed by atoms with E-state index in [1.807, 2.05) is 0 Å². The fraction of sp³-hybridized carbons (Fsp3) is 0.889. The van der Waals surface area contributed by atoms with Gasteiger partial charge in [0, 0.05) is 14.2 Å². The summed E-state index contributed by atoms with van der Waals surface area (Å²) in [7, 11) is 1.63. The second-order valence-corrected chi connectivity index (χ2v) is 7.88. The lowest BCUT2D eigenvalue weighted by Crippen LogP contribution is -2.68. The molecule has 18 heteroatoms. The van der Waals surface area contributed by atoms with E-state index < -0.39 is 98.1 Å². The van der Waals surface area contributed by atoms with Crippen molar-refractivity contribution < 1.29 is 89.1 Å². The minimum absolute atomic E-state index is 0.813. The molecule has 36 heavy (non-hydrogen) atoms. The van der Waals surface area contributed by atoms with Gasteiger partial charge in [-0.3, -0.25) is 0 Å². The topological polar surface area (TPSA) is 292 Å². The Morgan fingerprint density at radius 3 is 1.25 bits per heavy atom. The van der Waals surface area contributed by atoms with Crippen molar-refractivity contribution in [2.24, 2.45) is 0 Å². The van der Waals surface area contributed by atoms with Gasteiger partial charge in [0.2, 0.25) is 0 Å². The molecule has 12 atom stereocenters. The zero-order valence-electron chi connectivity index (χ0n) is 18.9. The molecular formula is C18H30O18. The largest absolute Gasteiger partial charge is 0.403 e. The van der Waals surface area contributed by atoms with Crippen molar-refractivity contribution in [1.29, 1.82) is 0 Å². The molecule has 0 radical (unpaired) electrons. The molecule has 2 rings (SSSR count). The van der Waals surface area contributed by atoms with Gasteiger partial charge in [0.15, 0.2) is 24.4 Å². The number of aliphatic hydroxyl groups excluding tert-OH is 10. The first kappa shape index (κ1) is 30.6. The summed E-state index contributed by atoms with van der Waals surface area (Å²) >= 11 is 0. The second-order valence-electron chi connectivity index (χ2n) is 7.88. The minimum atomic E-state index is -2.92. The van der Waals surface area contributed by atoms with E-state index in [2.05, 4.69) is 0 Å². The highest BCUT2D eigenvalue weighted by molar-refractivity contribution is 5.85. The van der Waals surface area contributed by atoms with Gasteiger partial charge in [-0.1, -0.05) is 0 Å². The van der Waals surface area contributed by atoms with E-state index in [1.165, 1.54) is 0 Å². The summed E-state index contributed by atoms with van der Waals surface area (Å²) in [5.41, 5.74) is 0. The molecule has 0 aromatic heterocycles. The Kier molecular flexibility index (Phi) is 10.1. The molecule has 0 aromatic rings. The molecule has 2 aliphatic heterocycles. The van der Waals surface area contributed by atoms with Crippen LogP contribution in [-0.2, 0) is 38.0 Å². The lowest BCUT2D eigenvalue weighted by molar-refractivity contribution is -0.444. The summed E-state index contributed by atoms with van der Waals surface area (Å²) < 4.78 is 29.0. The lowest BCUT2D eigenvalue weighted by Gasteiger charge is -2.46. The Bertz CT molecular complexity index is 700. The van der Waals surface area contributed by atoms with Crippen LogP contribution in [0.3, 0.4) is 0 Å². The second kappa shape index (κ2) is 11.8. The Balaban J connectivity index is 2.18. The van der Waals surface area contributed by atoms with Crippen molar-refractivity contribution in [3.8, 4) is 0 Å². The maximum atomic E-state index is 12.4. The zero-order valence-corrected chi connectivity index (χ0v) is 18.9. The Morgan fingerprint density at radius 1 is 0.694 bits per heavy atom. The first-order valence-electron chi connectivity index (χ1n) is 10.3. The number of ether oxygens (including phenoxy) is 6. The Morgan fingerprint density at radius 2 is 1.00 bits per heavy atom. The third kappa shape index (κ3) is 5.47. The van der Waals surface area contributed by atoms with Crippen molar-refractivity contribution >= 4 is 11.9 Å². The molecule has 2 heterocycles. The number of carbonyl (C=O) groups is 2. The summed E-state index contributed by atoms with van der Waals surface area (Å²) in [5.74, 6) is -9.64. The van der Waals surface area contributed by atoms with E-state index in [0.717, 1.165) is 14.2 Å². The van der Waals surface area contributed by atoms with E-state index in [9.17, 15) is 60.7 Å². The zero-order chi connectivity index (χ0) is 27.6. The molecule has 18 nitrogen and oxygen atoms in total. The molecule has 10 N–H and O–H groups in total. The minimum Gasteiger partial charge on any atom is -0.403 e. The number of hydrogen-bond acceptors (Lipinski definition) is 18. The fourth-order valence-electron chi connectivity index (χ4n) is 3.47. The van der Waals surface area contributed by atoms with Crippen LogP contribution in [0.2, 0.25) is 0 Å². The Labute approximate surface area is 202 Å². The van der Waals surface area contributed by atoms with Crippen molar-refractivity contribution in [1.82, 2.24) is 0 Å². The molecule has 0 aromatic carbocycles. The molecule has 2 aliphatic rings. The summed E-state index contributed by atoms with van der Waals surface area (Å²) in [6.07, 6.45) is -21.4. The summed E-state index contributed by atoms with van der Waals surface area (Å²) in [6.45, 7) is -1.89. The summed E-state index contributed by atoms with van der Waals surface area (Å²) in [4.78, 5) is 24.8. The molecule has 2 saturated heterocycles. The predicted molar refractivity (Wildman–Crippen MR) is 104 cm³/mol. The van der Waals surface area contributed by atoms with Gasteiger partial charge in [0.25, 0.3) is 0 Å². The van der Waals surface area contributed by atoms with Gasteiger partial charge in [0.1, 0.15) is 36.6 Å². The van der Waals surface area contributed by atoms with E-state index in [1.54, 1.807) is 0 Å². The highest BCUT2D eigenvalue weighted by atomic mass is 16.9. The molecule has 0 amide bonds. The molecule has 2 fully saturated rings. The number of aliphatic hydroxyl groups is 10. The lowest BCUT2D eigenvalue weighted by atomic mass is 9.97. The standard InChI is InChI=1S/C18H30O18/c1-31-17(13(27)9(23)7(21)5(3-19)33-17)35-15(29)11(25)12(26)16(30)36-18(32-2)14(28)10(24)8(22)6(4-20)34-18/h5-14,19-28H,3-4H2,1-2H3/t5-,6-,7+,8+,9+,10+,11?,12?,13-,14-,17?,18?/m1/s1. The van der Waals surface area contributed by atoms with Crippen LogP contribution < -0.4 is 0 Å². The smallest absolute Gasteiger partial charge is 0.359 e. The molecule has 0 aliphatic carbocycles. The normalized spacial score (nSPS) is 42.9. The fourth-order valence-corrected chi connectivity index (χ4v) is 3.47. The van der Waals surface area contributed by atoms with Gasteiger partial charge in [-0.05, 0) is 0 Å². The molecule has 210 valence electrons. The van der Waals surface area contributed by atoms with Gasteiger partial charge in [-0.25, -0.2) is 9.59 Å². The molecule has 0 saturated carbocycles. The monoisotopic (exact) mass is 534 g/mol. The van der Waals surface area contributed by atoms with Crippen molar-refractivity contribution in [3.05, 3.63) is 0 Å². The third-order valence-corrected chi connectivity index (χ3v) is 5.66. The van der Waals surface area contributed by atoms with E-state index in [-0.39, 0.29) is 0 Å². The first-order chi connectivity index (χ1) is 16.8. The van der Waals surface area contributed by atoms with Gasteiger partial charge >= 0.3 is 23.9 Å². The highest BCUT2D eigenvalue weighted by Crippen LogP contribution is 2.34. The van der Waals surface area contributed by atoms with Crippen LogP contribution in [0.15, 0.2) is 0 Å². The van der Waals surface area contributed by atoms with E-state index in [0.29, 0.717) is 0 Å². The Hall–Kier alpha value is -1.62. The van der Waals surface area contributed by atoms with Crippen LogP contribution >= 0.6 is 0 Å². The number of esters is 2. The van der Waals surface area contributed by atoms with E-state index >= 15 is 0 Å². The predicted octanol–water partition coefficient (Wildman–Crippen LogP) is -7.66. The molecule has 4 unspecified atom stereocenters. The maximum absolute atomic E-state index is 12.4. The highest BCUT2D eigenvalue weighted by Gasteiger charge is 2.60. The summed E-state index contributed by atoms with van der Waals surface area (Å²) in [5, 5.41) is 98.6. The van der Waals surface area contributed by atoms with Gasteiger partial charge in [-0.2, -0.15) is 0 Å². The molecular weight excluding hydrogens is 504 g/mol. The van der Waals surface area contributed by atoms with E-state index in [4.69, 9.17) is 28.4 Å². The molecule has 0 bridgehead atoms. The van der Waals surface area contributed by atoms with Crippen LogP contribution in [0.4, 0.5) is 0 Å². The SMILES string of the molecule is COC1(OC(=O)C(O)C(O)C(=O)OC2(OC)O[C@H](CO)[C@H](O)[C@H](O)[C@H]2O)O[C@H](CO)[C@H](O)[C@H](O)[C@H]1O.